The van der Waals surface area contributed by atoms with Crippen LogP contribution in [-0.2, 0) is 0 Å². The van der Waals surface area contributed by atoms with Crippen LogP contribution in [0.2, 0.25) is 5.02 Å². The molecule has 1 fully saturated rings. The van der Waals surface area contributed by atoms with Gasteiger partial charge in [0.25, 0.3) is 0 Å². The van der Waals surface area contributed by atoms with Gasteiger partial charge in [0.1, 0.15) is 28.7 Å². The van der Waals surface area contributed by atoms with E-state index in [9.17, 15) is 9.90 Å². The Labute approximate surface area is 213 Å². The van der Waals surface area contributed by atoms with Crippen molar-refractivity contribution in [3.05, 3.63) is 82.2 Å². The van der Waals surface area contributed by atoms with Crippen molar-refractivity contribution >= 4 is 38.8 Å². The van der Waals surface area contributed by atoms with E-state index in [4.69, 9.17) is 21.1 Å². The predicted octanol–water partition coefficient (Wildman–Crippen LogP) is 7.00. The molecule has 0 unspecified atom stereocenters. The fraction of sp³-hybridized carbons (Fsp3) is 0.250. The lowest BCUT2D eigenvalue weighted by Gasteiger charge is -2.15. The van der Waals surface area contributed by atoms with Gasteiger partial charge in [0.05, 0.1) is 0 Å². The molecule has 4 aromatic rings. The van der Waals surface area contributed by atoms with Crippen LogP contribution in [-0.4, -0.2) is 42.0 Å². The number of benzene rings is 3. The summed E-state index contributed by atoms with van der Waals surface area (Å²) >= 11 is 7.29. The summed E-state index contributed by atoms with van der Waals surface area (Å²) in [5.41, 5.74) is 0.520. The number of ether oxygens (including phenoxy) is 2. The van der Waals surface area contributed by atoms with E-state index in [1.54, 1.807) is 42.5 Å². The number of fused-ring (bicyclic) bond motifs is 1. The van der Waals surface area contributed by atoms with Crippen LogP contribution in [0.1, 0.15) is 28.6 Å². The molecule has 2 heterocycles. The zero-order chi connectivity index (χ0) is 24.4. The van der Waals surface area contributed by atoms with Gasteiger partial charge in [0, 0.05) is 33.8 Å². The molecule has 5 rings (SSSR count). The molecule has 0 radical (unpaired) electrons. The highest BCUT2D eigenvalue weighted by Crippen LogP contribution is 2.42. The van der Waals surface area contributed by atoms with E-state index in [-0.39, 0.29) is 11.5 Å². The first-order valence-corrected chi connectivity index (χ1v) is 12.8. The lowest BCUT2D eigenvalue weighted by atomic mass is 10.1. The van der Waals surface area contributed by atoms with Crippen LogP contribution in [0.5, 0.6) is 23.0 Å². The number of hydrogen-bond donors (Lipinski definition) is 1. The van der Waals surface area contributed by atoms with Crippen molar-refractivity contribution in [1.29, 1.82) is 0 Å². The van der Waals surface area contributed by atoms with Gasteiger partial charge in [0.15, 0.2) is 5.75 Å². The van der Waals surface area contributed by atoms with Crippen molar-refractivity contribution in [1.82, 2.24) is 4.90 Å². The Morgan fingerprint density at radius 1 is 1.09 bits per heavy atom. The maximum Gasteiger partial charge on any atom is 0.206 e. The van der Waals surface area contributed by atoms with Gasteiger partial charge in [0.2, 0.25) is 5.78 Å². The van der Waals surface area contributed by atoms with E-state index in [0.29, 0.717) is 33.6 Å². The van der Waals surface area contributed by atoms with E-state index < -0.39 is 0 Å². The first-order chi connectivity index (χ1) is 17.0. The summed E-state index contributed by atoms with van der Waals surface area (Å²) in [5, 5.41) is 11.3. The van der Waals surface area contributed by atoms with E-state index in [1.807, 2.05) is 24.3 Å². The molecule has 1 N–H and O–H groups in total. The summed E-state index contributed by atoms with van der Waals surface area (Å²) < 4.78 is 12.9. The van der Waals surface area contributed by atoms with E-state index in [0.717, 1.165) is 41.4 Å². The highest BCUT2D eigenvalue weighted by atomic mass is 35.5. The molecular weight excluding hydrogens is 482 g/mol. The highest BCUT2D eigenvalue weighted by molar-refractivity contribution is 7.21. The second-order valence-electron chi connectivity index (χ2n) is 8.89. The first kappa shape index (κ1) is 23.7. The van der Waals surface area contributed by atoms with Gasteiger partial charge in [-0.3, -0.25) is 9.69 Å². The number of phenolic OH excluding ortho intramolecular Hbond substituents is 1. The van der Waals surface area contributed by atoms with Gasteiger partial charge < -0.3 is 14.6 Å². The summed E-state index contributed by atoms with van der Waals surface area (Å²) in [7, 11) is 0. The zero-order valence-corrected chi connectivity index (χ0v) is 20.9. The van der Waals surface area contributed by atoms with Gasteiger partial charge in [-0.1, -0.05) is 18.5 Å². The molecule has 7 heteroatoms. The summed E-state index contributed by atoms with van der Waals surface area (Å²) in [6, 6.07) is 19.2. The second kappa shape index (κ2) is 10.3. The summed E-state index contributed by atoms with van der Waals surface area (Å²) in [6.45, 7) is 6.13. The van der Waals surface area contributed by atoms with Crippen molar-refractivity contribution in [2.24, 2.45) is 5.92 Å². The van der Waals surface area contributed by atoms with E-state index >= 15 is 0 Å². The number of rotatable bonds is 8. The van der Waals surface area contributed by atoms with Gasteiger partial charge in [-0.05, 0) is 85.6 Å². The average molecular weight is 508 g/mol. The van der Waals surface area contributed by atoms with Crippen molar-refractivity contribution in [3.63, 3.8) is 0 Å². The number of likely N-dealkylation sites (tertiary alicyclic amines) is 1. The quantitative estimate of drug-likeness (QED) is 0.260. The SMILES string of the molecule is C[C@H]1CCN(CCOc2ccc(Oc3c(C(=O)c4ccc(Cl)cc4)sc4cc(O)ccc34)cc2)C1. The Morgan fingerprint density at radius 2 is 1.83 bits per heavy atom. The topological polar surface area (TPSA) is 59.0 Å². The summed E-state index contributed by atoms with van der Waals surface area (Å²) in [4.78, 5) is 16.2. The molecule has 0 aliphatic carbocycles. The third-order valence-corrected chi connectivity index (χ3v) is 7.55. The molecular formula is C28H26ClNO4S. The van der Waals surface area contributed by atoms with Crippen LogP contribution in [0.4, 0.5) is 0 Å². The summed E-state index contributed by atoms with van der Waals surface area (Å²) in [6.07, 6.45) is 1.26. The van der Waals surface area contributed by atoms with Gasteiger partial charge in [-0.25, -0.2) is 0 Å². The maximum atomic E-state index is 13.3. The number of hydrogen-bond acceptors (Lipinski definition) is 6. The van der Waals surface area contributed by atoms with E-state index in [2.05, 4.69) is 11.8 Å². The van der Waals surface area contributed by atoms with E-state index in [1.165, 1.54) is 17.8 Å². The Kier molecular flexibility index (Phi) is 6.95. The highest BCUT2D eigenvalue weighted by Gasteiger charge is 2.22. The third-order valence-electron chi connectivity index (χ3n) is 6.17. The molecule has 1 atom stereocenters. The number of carbonyl (C=O) groups excluding carboxylic acids is 1. The Balaban J connectivity index is 1.34. The molecule has 5 nitrogen and oxygen atoms in total. The number of aromatic hydroxyl groups is 1. The van der Waals surface area contributed by atoms with Crippen LogP contribution in [0.3, 0.4) is 0 Å². The number of phenols is 1. The molecule has 0 bridgehead atoms. The lowest BCUT2D eigenvalue weighted by Crippen LogP contribution is -2.25. The number of thiophene rings is 1. The molecule has 0 spiro atoms. The standard InChI is InChI=1S/C28H26ClNO4S/c1-18-12-13-30(17-18)14-15-33-22-7-9-23(10-8-22)34-27-24-11-6-21(31)16-25(24)35-28(27)26(32)19-2-4-20(29)5-3-19/h2-11,16,18,31H,12-15,17H2,1H3/t18-/m0/s1. The molecule has 3 aromatic carbocycles. The van der Waals surface area contributed by atoms with Gasteiger partial charge in [-0.15, -0.1) is 11.3 Å². The van der Waals surface area contributed by atoms with Crippen LogP contribution in [0.15, 0.2) is 66.7 Å². The van der Waals surface area contributed by atoms with Crippen molar-refractivity contribution in [2.75, 3.05) is 26.2 Å². The largest absolute Gasteiger partial charge is 0.508 e. The molecule has 1 aliphatic heterocycles. The molecule has 0 saturated carbocycles. The maximum absolute atomic E-state index is 13.3. The van der Waals surface area contributed by atoms with Crippen LogP contribution in [0, 0.1) is 5.92 Å². The fourth-order valence-electron chi connectivity index (χ4n) is 4.29. The van der Waals surface area contributed by atoms with Gasteiger partial charge in [-0.2, -0.15) is 0 Å². The van der Waals surface area contributed by atoms with Crippen molar-refractivity contribution < 1.29 is 19.4 Å². The van der Waals surface area contributed by atoms with Crippen molar-refractivity contribution in [3.8, 4) is 23.0 Å². The minimum absolute atomic E-state index is 0.140. The van der Waals surface area contributed by atoms with Crippen LogP contribution >= 0.6 is 22.9 Å². The zero-order valence-electron chi connectivity index (χ0n) is 19.4. The minimum Gasteiger partial charge on any atom is -0.508 e. The number of halogens is 1. The smallest absolute Gasteiger partial charge is 0.206 e. The van der Waals surface area contributed by atoms with Crippen molar-refractivity contribution in [2.45, 2.75) is 13.3 Å². The average Bonchev–Trinajstić information content (AvgIpc) is 3.43. The van der Waals surface area contributed by atoms with Crippen LogP contribution in [0.25, 0.3) is 10.1 Å². The normalized spacial score (nSPS) is 16.0. The number of carbonyl (C=O) groups is 1. The minimum atomic E-state index is -0.159. The second-order valence-corrected chi connectivity index (χ2v) is 10.4. The molecule has 1 aliphatic rings. The number of ketones is 1. The van der Waals surface area contributed by atoms with Gasteiger partial charge >= 0.3 is 0 Å². The molecule has 35 heavy (non-hydrogen) atoms. The molecule has 0 amide bonds. The third kappa shape index (κ3) is 5.45. The van der Waals surface area contributed by atoms with Crippen LogP contribution < -0.4 is 9.47 Å². The molecule has 1 saturated heterocycles. The number of nitrogens with zero attached hydrogens (tertiary/aromatic N) is 1. The Bertz CT molecular complexity index is 1330. The first-order valence-electron chi connectivity index (χ1n) is 11.6. The Morgan fingerprint density at radius 3 is 2.54 bits per heavy atom. The molecule has 1 aromatic heterocycles. The lowest BCUT2D eigenvalue weighted by molar-refractivity contribution is 0.104. The molecule has 180 valence electrons. The fourth-order valence-corrected chi connectivity index (χ4v) is 5.54. The predicted molar refractivity (Wildman–Crippen MR) is 141 cm³/mol. The summed E-state index contributed by atoms with van der Waals surface area (Å²) in [5.74, 6) is 2.60. The monoisotopic (exact) mass is 507 g/mol. The Hall–Kier alpha value is -3.06.